The molecule has 1 fully saturated rings. The Hall–Kier alpha value is -0.690. The lowest BCUT2D eigenvalue weighted by Crippen LogP contribution is -2.56. The fraction of sp³-hybridized carbons (Fsp3) is 0.889. The van der Waals surface area contributed by atoms with E-state index >= 15 is 0 Å². The Morgan fingerprint density at radius 1 is 1.47 bits per heavy atom. The van der Waals surface area contributed by atoms with Gasteiger partial charge in [-0.2, -0.15) is 0 Å². The second kappa shape index (κ2) is 5.41. The van der Waals surface area contributed by atoms with Crippen molar-refractivity contribution in [2.45, 2.75) is 18.6 Å². The lowest BCUT2D eigenvalue weighted by molar-refractivity contribution is -0.150. The molecule has 0 saturated carbocycles. The van der Waals surface area contributed by atoms with E-state index in [-0.39, 0.29) is 25.7 Å². The third kappa shape index (κ3) is 3.42. The zero-order valence-electron chi connectivity index (χ0n) is 8.73. The van der Waals surface area contributed by atoms with Gasteiger partial charge < -0.3 is 25.0 Å². The molecule has 0 aliphatic carbocycles. The number of aliphatic hydroxyl groups is 2. The number of carbonyl (C=O) groups excluding carboxylic acids is 1. The highest BCUT2D eigenvalue weighted by Crippen LogP contribution is 2.05. The van der Waals surface area contributed by atoms with Crippen molar-refractivity contribution < 1.29 is 24.5 Å². The minimum Gasteiger partial charge on any atom is -0.394 e. The smallest absolute Gasteiger partial charge is 0.252 e. The summed E-state index contributed by atoms with van der Waals surface area (Å²) >= 11 is 0. The van der Waals surface area contributed by atoms with Crippen molar-refractivity contribution >= 4 is 5.91 Å². The van der Waals surface area contributed by atoms with Crippen molar-refractivity contribution in [1.29, 1.82) is 0 Å². The minimum atomic E-state index is -1.02. The highest BCUT2D eigenvalue weighted by atomic mass is 16.6. The number of nitrogens with one attached hydrogen (secondary N) is 1. The van der Waals surface area contributed by atoms with Gasteiger partial charge in [0.1, 0.15) is 0 Å². The second-order valence-corrected chi connectivity index (χ2v) is 3.80. The van der Waals surface area contributed by atoms with Crippen LogP contribution in [0.1, 0.15) is 6.92 Å². The molecule has 0 aromatic carbocycles. The Balaban J connectivity index is 2.46. The zero-order chi connectivity index (χ0) is 11.3. The summed E-state index contributed by atoms with van der Waals surface area (Å²) in [7, 11) is 0. The summed E-state index contributed by atoms with van der Waals surface area (Å²) in [5.74, 6) is -0.375. The summed E-state index contributed by atoms with van der Waals surface area (Å²) in [6.07, 6.45) is -0.656. The number of hydrogen-bond acceptors (Lipinski definition) is 5. The van der Waals surface area contributed by atoms with Gasteiger partial charge in [0.25, 0.3) is 5.91 Å². The Morgan fingerprint density at radius 2 is 2.13 bits per heavy atom. The highest BCUT2D eigenvalue weighted by Gasteiger charge is 2.30. The van der Waals surface area contributed by atoms with Gasteiger partial charge in [0, 0.05) is 0 Å². The van der Waals surface area contributed by atoms with Gasteiger partial charge in [-0.15, -0.1) is 0 Å². The van der Waals surface area contributed by atoms with Gasteiger partial charge in [-0.05, 0) is 6.92 Å². The van der Waals surface area contributed by atoms with E-state index in [1.165, 1.54) is 0 Å². The predicted molar refractivity (Wildman–Crippen MR) is 51.3 cm³/mol. The van der Waals surface area contributed by atoms with Gasteiger partial charge in [-0.1, -0.05) is 0 Å². The van der Waals surface area contributed by atoms with Crippen LogP contribution in [0.5, 0.6) is 0 Å². The first-order chi connectivity index (χ1) is 7.11. The molecular weight excluding hydrogens is 202 g/mol. The van der Waals surface area contributed by atoms with Crippen molar-refractivity contribution in [2.75, 3.05) is 33.0 Å². The molecule has 1 aliphatic heterocycles. The molecule has 6 heteroatoms. The summed E-state index contributed by atoms with van der Waals surface area (Å²) in [4.78, 5) is 11.6. The number of ether oxygens (including phenoxy) is 2. The van der Waals surface area contributed by atoms with Crippen LogP contribution in [0.25, 0.3) is 0 Å². The molecule has 1 atom stereocenters. The normalized spacial score (nSPS) is 22.5. The van der Waals surface area contributed by atoms with Gasteiger partial charge in [0.2, 0.25) is 0 Å². The maximum atomic E-state index is 11.6. The number of amides is 1. The summed E-state index contributed by atoms with van der Waals surface area (Å²) in [6, 6.07) is 0. The molecule has 1 unspecified atom stereocenters. The molecule has 0 spiro atoms. The molecule has 3 N–H and O–H groups in total. The maximum absolute atomic E-state index is 11.6. The van der Waals surface area contributed by atoms with Crippen molar-refractivity contribution in [1.82, 2.24) is 5.32 Å². The van der Waals surface area contributed by atoms with Gasteiger partial charge in [0.05, 0.1) is 38.6 Å². The molecule has 15 heavy (non-hydrogen) atoms. The molecule has 1 aliphatic rings. The van der Waals surface area contributed by atoms with E-state index in [0.717, 1.165) is 0 Å². The minimum absolute atomic E-state index is 0.207. The Bertz CT molecular complexity index is 211. The van der Waals surface area contributed by atoms with Gasteiger partial charge >= 0.3 is 0 Å². The van der Waals surface area contributed by atoms with Crippen molar-refractivity contribution in [3.05, 3.63) is 0 Å². The summed E-state index contributed by atoms with van der Waals surface area (Å²) in [5, 5.41) is 20.5. The molecule has 0 bridgehead atoms. The van der Waals surface area contributed by atoms with E-state index in [1.807, 2.05) is 0 Å². The molecule has 0 radical (unpaired) electrons. The third-order valence-electron chi connectivity index (χ3n) is 2.23. The predicted octanol–water partition coefficient (Wildman–Crippen LogP) is -1.74. The first kappa shape index (κ1) is 12.4. The standard InChI is InChI=1S/C9H17NO5/c1-9(5-11,6-12)10-8(13)7-4-14-2-3-15-7/h7,11-12H,2-6H2,1H3,(H,10,13). The molecular formula is C9H17NO5. The Kier molecular flexibility index (Phi) is 4.46. The topological polar surface area (TPSA) is 88.0 Å². The molecule has 0 aromatic rings. The van der Waals surface area contributed by atoms with Crippen LogP contribution in [-0.2, 0) is 14.3 Å². The zero-order valence-corrected chi connectivity index (χ0v) is 8.73. The number of rotatable bonds is 4. The Morgan fingerprint density at radius 3 is 2.60 bits per heavy atom. The summed E-state index contributed by atoms with van der Waals surface area (Å²) in [6.45, 7) is 1.97. The van der Waals surface area contributed by atoms with Gasteiger partial charge in [0.15, 0.2) is 6.10 Å². The number of aliphatic hydroxyl groups excluding tert-OH is 2. The third-order valence-corrected chi connectivity index (χ3v) is 2.23. The van der Waals surface area contributed by atoms with Crippen LogP contribution < -0.4 is 5.32 Å². The van der Waals surface area contributed by atoms with Crippen molar-refractivity contribution in [3.63, 3.8) is 0 Å². The van der Waals surface area contributed by atoms with E-state index in [4.69, 9.17) is 19.7 Å². The molecule has 6 nitrogen and oxygen atoms in total. The number of carbonyl (C=O) groups is 1. The van der Waals surface area contributed by atoms with Crippen molar-refractivity contribution in [3.8, 4) is 0 Å². The van der Waals surface area contributed by atoms with Crippen LogP contribution in [0.2, 0.25) is 0 Å². The molecule has 88 valence electrons. The van der Waals surface area contributed by atoms with E-state index < -0.39 is 11.6 Å². The van der Waals surface area contributed by atoms with Crippen LogP contribution in [0.4, 0.5) is 0 Å². The van der Waals surface area contributed by atoms with Crippen LogP contribution in [0.3, 0.4) is 0 Å². The molecule has 0 aromatic heterocycles. The first-order valence-electron chi connectivity index (χ1n) is 4.84. The first-order valence-corrected chi connectivity index (χ1v) is 4.84. The van der Waals surface area contributed by atoms with E-state index in [9.17, 15) is 4.79 Å². The average molecular weight is 219 g/mol. The number of hydrogen-bond donors (Lipinski definition) is 3. The van der Waals surface area contributed by atoms with Crippen LogP contribution in [0, 0.1) is 0 Å². The van der Waals surface area contributed by atoms with E-state index in [2.05, 4.69) is 5.32 Å². The molecule has 1 amide bonds. The van der Waals surface area contributed by atoms with Gasteiger partial charge in [-0.3, -0.25) is 4.79 Å². The maximum Gasteiger partial charge on any atom is 0.252 e. The monoisotopic (exact) mass is 219 g/mol. The summed E-state index contributed by atoms with van der Waals surface area (Å²) in [5.41, 5.74) is -1.02. The Labute approximate surface area is 88.2 Å². The van der Waals surface area contributed by atoms with Crippen LogP contribution in [-0.4, -0.2) is 60.8 Å². The fourth-order valence-electron chi connectivity index (χ4n) is 1.15. The van der Waals surface area contributed by atoms with E-state index in [0.29, 0.717) is 13.2 Å². The van der Waals surface area contributed by atoms with Crippen molar-refractivity contribution in [2.24, 2.45) is 0 Å². The second-order valence-electron chi connectivity index (χ2n) is 3.80. The molecule has 1 heterocycles. The lowest BCUT2D eigenvalue weighted by Gasteiger charge is -2.30. The lowest BCUT2D eigenvalue weighted by atomic mass is 10.1. The largest absolute Gasteiger partial charge is 0.394 e. The van der Waals surface area contributed by atoms with Crippen LogP contribution >= 0.6 is 0 Å². The SMILES string of the molecule is CC(CO)(CO)NC(=O)C1COCCO1. The fourth-order valence-corrected chi connectivity index (χ4v) is 1.15. The van der Waals surface area contributed by atoms with Crippen LogP contribution in [0.15, 0.2) is 0 Å². The molecule has 1 saturated heterocycles. The quantitative estimate of drug-likeness (QED) is 0.522. The van der Waals surface area contributed by atoms with E-state index in [1.54, 1.807) is 6.92 Å². The summed E-state index contributed by atoms with van der Waals surface area (Å²) < 4.78 is 10.2. The molecule has 1 rings (SSSR count). The highest BCUT2D eigenvalue weighted by molar-refractivity contribution is 5.81. The average Bonchev–Trinajstić information content (AvgIpc) is 2.30. The van der Waals surface area contributed by atoms with Gasteiger partial charge in [-0.25, -0.2) is 0 Å².